The van der Waals surface area contributed by atoms with Crippen molar-refractivity contribution in [1.82, 2.24) is 4.74 Å². The van der Waals surface area contributed by atoms with Crippen molar-refractivity contribution in [2.24, 2.45) is 5.92 Å². The fraction of sp³-hybridized carbons (Fsp3) is 0.481. The van der Waals surface area contributed by atoms with E-state index in [1.165, 1.54) is 16.4 Å². The number of hydrogen-bond acceptors (Lipinski definition) is 7. The first-order valence-electron chi connectivity index (χ1n) is 12.2. The molecule has 0 saturated carbocycles. The van der Waals surface area contributed by atoms with E-state index >= 15 is 0 Å². The molecule has 1 aromatic heterocycles. The Morgan fingerprint density at radius 3 is 2.83 bits per heavy atom. The second kappa shape index (κ2) is 12.4. The molecule has 4 rings (SSSR count). The molecule has 2 aliphatic heterocycles. The minimum absolute atomic E-state index is 0.0878. The molecule has 0 N–H and O–H groups in total. The zero-order valence-corrected chi connectivity index (χ0v) is 20.1. The number of carbonyl (C=O) groups is 1. The Labute approximate surface area is 205 Å². The molecule has 0 amide bonds. The number of esters is 1. The lowest BCUT2D eigenvalue weighted by atomic mass is 9.81. The van der Waals surface area contributed by atoms with Crippen molar-refractivity contribution in [2.45, 2.75) is 51.5 Å². The molecule has 2 aliphatic rings. The predicted molar refractivity (Wildman–Crippen MR) is 128 cm³/mol. The number of aromatic nitrogens is 1. The number of benzene rings is 1. The fourth-order valence-corrected chi connectivity index (χ4v) is 4.60. The highest BCUT2D eigenvalue weighted by Crippen LogP contribution is 2.38. The molecular weight excluding hydrogens is 450 g/mol. The monoisotopic (exact) mass is 483 g/mol. The Balaban J connectivity index is 1.60. The van der Waals surface area contributed by atoms with Gasteiger partial charge in [0.2, 0.25) is 6.79 Å². The Kier molecular flexibility index (Phi) is 8.84. The molecule has 3 heterocycles. The molecule has 8 heteroatoms. The highest BCUT2D eigenvalue weighted by molar-refractivity contribution is 5.70. The Morgan fingerprint density at radius 1 is 1.20 bits per heavy atom. The lowest BCUT2D eigenvalue weighted by Gasteiger charge is -2.24. The zero-order chi connectivity index (χ0) is 24.5. The summed E-state index contributed by atoms with van der Waals surface area (Å²) >= 11 is 0. The van der Waals surface area contributed by atoms with Crippen molar-refractivity contribution < 1.29 is 28.3 Å². The van der Waals surface area contributed by atoms with Crippen molar-refractivity contribution >= 4 is 5.97 Å². The number of carbonyl (C=O) groups excluding carboxylic acids is 1. The molecule has 0 spiro atoms. The molecular formula is C27H33NO7. The average molecular weight is 484 g/mol. The summed E-state index contributed by atoms with van der Waals surface area (Å²) in [4.78, 5) is 25.4. The molecule has 1 aromatic carbocycles. The van der Waals surface area contributed by atoms with Gasteiger partial charge in [0.25, 0.3) is 5.56 Å². The van der Waals surface area contributed by atoms with Crippen molar-refractivity contribution in [3.63, 3.8) is 0 Å². The Hall–Kier alpha value is -3.26. The standard InChI is InChI=1S/C27H33NO7/c1-2-33-26(30)16-22(15-21-7-4-3-5-8-21)27(24-18-32-19-34-24)23-17-25(29)28(35-23)12-10-20-9-6-13-31-14-11-20/h3-5,7-9,17-18,22,27H,2,6,10-16,19H2,1H3. The van der Waals surface area contributed by atoms with Crippen molar-refractivity contribution in [1.29, 1.82) is 0 Å². The minimum Gasteiger partial charge on any atom is -0.466 e. The van der Waals surface area contributed by atoms with Crippen LogP contribution in [-0.2, 0) is 36.7 Å². The molecule has 0 fully saturated rings. The van der Waals surface area contributed by atoms with Crippen molar-refractivity contribution in [3.05, 3.63) is 81.7 Å². The van der Waals surface area contributed by atoms with Gasteiger partial charge in [0.05, 0.1) is 32.3 Å². The number of hydrogen-bond donors (Lipinski definition) is 0. The van der Waals surface area contributed by atoms with Gasteiger partial charge in [-0.2, -0.15) is 4.74 Å². The number of rotatable bonds is 11. The smallest absolute Gasteiger partial charge is 0.306 e. The van der Waals surface area contributed by atoms with E-state index in [-0.39, 0.29) is 30.7 Å². The second-order valence-corrected chi connectivity index (χ2v) is 8.73. The van der Waals surface area contributed by atoms with Crippen LogP contribution in [0.25, 0.3) is 0 Å². The normalized spacial score (nSPS) is 17.4. The summed E-state index contributed by atoms with van der Waals surface area (Å²) in [7, 11) is 0. The van der Waals surface area contributed by atoms with Crippen LogP contribution >= 0.6 is 0 Å². The molecule has 0 saturated heterocycles. The SMILES string of the molecule is CCOC(=O)CC(Cc1ccccc1)C(C1=COCO1)c1cc(=O)n(CCC2=CCCOCC2)o1. The molecule has 2 unspecified atom stereocenters. The number of ether oxygens (including phenoxy) is 4. The summed E-state index contributed by atoms with van der Waals surface area (Å²) in [5.74, 6) is -0.0381. The van der Waals surface area contributed by atoms with Crippen LogP contribution in [0.15, 0.2) is 69.4 Å². The first-order chi connectivity index (χ1) is 17.1. The van der Waals surface area contributed by atoms with Gasteiger partial charge >= 0.3 is 5.97 Å². The largest absolute Gasteiger partial charge is 0.466 e. The summed E-state index contributed by atoms with van der Waals surface area (Å²) in [6.07, 6.45) is 6.93. The van der Waals surface area contributed by atoms with E-state index in [2.05, 4.69) is 6.08 Å². The highest BCUT2D eigenvalue weighted by atomic mass is 16.7. The third kappa shape index (κ3) is 6.88. The van der Waals surface area contributed by atoms with E-state index in [4.69, 9.17) is 23.5 Å². The molecule has 2 atom stereocenters. The summed E-state index contributed by atoms with van der Waals surface area (Å²) in [6, 6.07) is 11.4. The van der Waals surface area contributed by atoms with Gasteiger partial charge in [0.15, 0.2) is 0 Å². The van der Waals surface area contributed by atoms with E-state index in [1.54, 1.807) is 13.2 Å². The number of allylic oxidation sites excluding steroid dienone is 1. The van der Waals surface area contributed by atoms with Gasteiger partial charge in [0, 0.05) is 12.5 Å². The molecule has 0 radical (unpaired) electrons. The van der Waals surface area contributed by atoms with E-state index in [0.717, 1.165) is 31.4 Å². The van der Waals surface area contributed by atoms with E-state index in [9.17, 15) is 9.59 Å². The molecule has 2 aromatic rings. The van der Waals surface area contributed by atoms with Crippen LogP contribution in [-0.4, -0.2) is 37.3 Å². The molecule has 0 aliphatic carbocycles. The van der Waals surface area contributed by atoms with E-state index in [1.807, 2.05) is 30.3 Å². The number of nitrogens with zero attached hydrogens (tertiary/aromatic N) is 1. The zero-order valence-electron chi connectivity index (χ0n) is 20.1. The minimum atomic E-state index is -0.471. The fourth-order valence-electron chi connectivity index (χ4n) is 4.60. The van der Waals surface area contributed by atoms with Gasteiger partial charge < -0.3 is 23.5 Å². The molecule has 0 bridgehead atoms. The number of aryl methyl sites for hydroxylation is 1. The van der Waals surface area contributed by atoms with Crippen LogP contribution < -0.4 is 5.56 Å². The second-order valence-electron chi connectivity index (χ2n) is 8.73. The first kappa shape index (κ1) is 24.9. The quantitative estimate of drug-likeness (QED) is 0.348. The van der Waals surface area contributed by atoms with Crippen LogP contribution in [0.2, 0.25) is 0 Å². The maximum atomic E-state index is 12.8. The van der Waals surface area contributed by atoms with Gasteiger partial charge in [-0.15, -0.1) is 0 Å². The van der Waals surface area contributed by atoms with Gasteiger partial charge in [-0.1, -0.05) is 42.0 Å². The van der Waals surface area contributed by atoms with E-state index in [0.29, 0.717) is 37.7 Å². The van der Waals surface area contributed by atoms with Gasteiger partial charge in [-0.3, -0.25) is 9.59 Å². The lowest BCUT2D eigenvalue weighted by Crippen LogP contribution is -2.22. The third-order valence-corrected chi connectivity index (χ3v) is 6.28. The molecule has 8 nitrogen and oxygen atoms in total. The van der Waals surface area contributed by atoms with Gasteiger partial charge in [-0.05, 0) is 44.1 Å². The maximum absolute atomic E-state index is 12.8. The van der Waals surface area contributed by atoms with Crippen LogP contribution in [0.3, 0.4) is 0 Å². The van der Waals surface area contributed by atoms with Gasteiger partial charge in [-0.25, -0.2) is 0 Å². The Morgan fingerprint density at radius 2 is 2.06 bits per heavy atom. The van der Waals surface area contributed by atoms with Crippen LogP contribution in [0.5, 0.6) is 0 Å². The first-order valence-corrected chi connectivity index (χ1v) is 12.2. The van der Waals surface area contributed by atoms with Crippen LogP contribution in [0.1, 0.15) is 49.8 Å². The third-order valence-electron chi connectivity index (χ3n) is 6.28. The van der Waals surface area contributed by atoms with Gasteiger partial charge in [0.1, 0.15) is 17.8 Å². The van der Waals surface area contributed by atoms with Crippen LogP contribution in [0.4, 0.5) is 0 Å². The summed E-state index contributed by atoms with van der Waals surface area (Å²) in [6.45, 7) is 4.05. The summed E-state index contributed by atoms with van der Waals surface area (Å²) in [5.41, 5.74) is 2.11. The predicted octanol–water partition coefficient (Wildman–Crippen LogP) is 4.31. The van der Waals surface area contributed by atoms with Crippen molar-refractivity contribution in [3.8, 4) is 0 Å². The summed E-state index contributed by atoms with van der Waals surface area (Å²) in [5, 5.41) is 0. The summed E-state index contributed by atoms with van der Waals surface area (Å²) < 4.78 is 29.3. The lowest BCUT2D eigenvalue weighted by molar-refractivity contribution is -0.144. The van der Waals surface area contributed by atoms with Crippen molar-refractivity contribution in [2.75, 3.05) is 26.6 Å². The maximum Gasteiger partial charge on any atom is 0.306 e. The molecule has 188 valence electrons. The topological polar surface area (TPSA) is 89.1 Å². The van der Waals surface area contributed by atoms with E-state index < -0.39 is 5.92 Å². The average Bonchev–Trinajstić information content (AvgIpc) is 3.42. The molecule has 35 heavy (non-hydrogen) atoms. The Bertz CT molecular complexity index is 1080. The highest BCUT2D eigenvalue weighted by Gasteiger charge is 2.36. The van der Waals surface area contributed by atoms with Crippen LogP contribution in [0, 0.1) is 5.92 Å².